The molecular weight excluding hydrogens is 706 g/mol. The largest absolute Gasteiger partial charge is 0.423 e. The maximum atomic E-state index is 13.0. The van der Waals surface area contributed by atoms with Crippen molar-refractivity contribution in [3.05, 3.63) is 180 Å². The summed E-state index contributed by atoms with van der Waals surface area (Å²) in [4.78, 5) is 71.7. The lowest BCUT2D eigenvalue weighted by Crippen LogP contribution is -2.20. The molecule has 5 aromatic carbocycles. The lowest BCUT2D eigenvalue weighted by Gasteiger charge is -2.08. The van der Waals surface area contributed by atoms with Crippen LogP contribution in [0.15, 0.2) is 135 Å². The van der Waals surface area contributed by atoms with E-state index >= 15 is 0 Å². The number of benzene rings is 5. The molecular formula is C40H27N7O8. The number of ether oxygens (including phenoxy) is 2. The van der Waals surface area contributed by atoms with E-state index in [4.69, 9.17) is 9.47 Å². The van der Waals surface area contributed by atoms with Crippen LogP contribution in [0, 0.1) is 24.0 Å². The van der Waals surface area contributed by atoms with Crippen LogP contribution in [0.3, 0.4) is 0 Å². The SMILES string of the molecule is Cc1nc2ccccc2c(=O)n1/N=C/c1ccc(OC(=O)c2ccc(C(=O)Oc3ccc(/C=N/n4c(C)nc5ccccc5c4=O)cc3)c([N+](=O)[O-])c2)cc1. The molecule has 0 atom stereocenters. The van der Waals surface area contributed by atoms with Gasteiger partial charge in [0.15, 0.2) is 0 Å². The normalized spacial score (nSPS) is 11.4. The van der Waals surface area contributed by atoms with Gasteiger partial charge >= 0.3 is 11.9 Å². The quantitative estimate of drug-likeness (QED) is 0.0573. The van der Waals surface area contributed by atoms with Gasteiger partial charge in [-0.05, 0) is 110 Å². The van der Waals surface area contributed by atoms with Crippen LogP contribution in [0.1, 0.15) is 43.5 Å². The van der Waals surface area contributed by atoms with Crippen molar-refractivity contribution in [3.8, 4) is 11.5 Å². The van der Waals surface area contributed by atoms with Crippen LogP contribution in [-0.2, 0) is 0 Å². The summed E-state index contributed by atoms with van der Waals surface area (Å²) in [6.45, 7) is 3.33. The number of aromatic nitrogens is 4. The van der Waals surface area contributed by atoms with Crippen molar-refractivity contribution in [1.82, 2.24) is 19.3 Å². The smallest absolute Gasteiger partial charge is 0.350 e. The molecule has 0 bridgehead atoms. The Morgan fingerprint density at radius 3 is 1.58 bits per heavy atom. The van der Waals surface area contributed by atoms with Crippen LogP contribution >= 0.6 is 0 Å². The van der Waals surface area contributed by atoms with Crippen LogP contribution in [0.4, 0.5) is 5.69 Å². The molecule has 7 rings (SSSR count). The Balaban J connectivity index is 1.00. The van der Waals surface area contributed by atoms with Crippen molar-refractivity contribution in [3.63, 3.8) is 0 Å². The van der Waals surface area contributed by atoms with E-state index in [9.17, 15) is 29.3 Å². The molecule has 0 fully saturated rings. The fraction of sp³-hybridized carbons (Fsp3) is 0.0500. The van der Waals surface area contributed by atoms with E-state index in [1.807, 2.05) is 0 Å². The number of nitro benzene ring substituents is 1. The van der Waals surface area contributed by atoms with Gasteiger partial charge in [0.1, 0.15) is 28.7 Å². The topological polar surface area (TPSA) is 190 Å². The van der Waals surface area contributed by atoms with E-state index in [1.54, 1.807) is 86.6 Å². The molecule has 15 heteroatoms. The maximum absolute atomic E-state index is 13.0. The second-order valence-electron chi connectivity index (χ2n) is 12.0. The van der Waals surface area contributed by atoms with Gasteiger partial charge in [0.2, 0.25) is 0 Å². The first-order valence-corrected chi connectivity index (χ1v) is 16.5. The lowest BCUT2D eigenvalue weighted by molar-refractivity contribution is -0.385. The molecule has 270 valence electrons. The molecule has 0 radical (unpaired) electrons. The third kappa shape index (κ3) is 7.52. The van der Waals surface area contributed by atoms with Crippen molar-refractivity contribution in [1.29, 1.82) is 0 Å². The highest BCUT2D eigenvalue weighted by molar-refractivity contribution is 5.99. The fourth-order valence-corrected chi connectivity index (χ4v) is 5.54. The predicted octanol–water partition coefficient (Wildman–Crippen LogP) is 5.83. The van der Waals surface area contributed by atoms with Gasteiger partial charge in [-0.1, -0.05) is 24.3 Å². The summed E-state index contributed by atoms with van der Waals surface area (Å²) in [6.07, 6.45) is 2.90. The molecule has 0 N–H and O–H groups in total. The monoisotopic (exact) mass is 733 g/mol. The van der Waals surface area contributed by atoms with Crippen LogP contribution < -0.4 is 20.6 Å². The van der Waals surface area contributed by atoms with Gasteiger partial charge < -0.3 is 9.47 Å². The van der Waals surface area contributed by atoms with Crippen molar-refractivity contribution in [2.75, 3.05) is 0 Å². The number of hydrogen-bond donors (Lipinski definition) is 0. The number of carbonyl (C=O) groups is 2. The van der Waals surface area contributed by atoms with Crippen LogP contribution in [0.25, 0.3) is 21.8 Å². The molecule has 0 unspecified atom stereocenters. The summed E-state index contributed by atoms with van der Waals surface area (Å²) in [5.74, 6) is -0.895. The number of nitrogens with zero attached hydrogens (tertiary/aromatic N) is 7. The van der Waals surface area contributed by atoms with Gasteiger partial charge in [-0.3, -0.25) is 19.7 Å². The third-order valence-corrected chi connectivity index (χ3v) is 8.31. The van der Waals surface area contributed by atoms with Crippen molar-refractivity contribution in [2.24, 2.45) is 10.2 Å². The summed E-state index contributed by atoms with van der Waals surface area (Å²) < 4.78 is 13.2. The number of aryl methyl sites for hydroxylation is 2. The average Bonchev–Trinajstić information content (AvgIpc) is 3.18. The molecule has 0 saturated carbocycles. The number of nitro groups is 1. The van der Waals surface area contributed by atoms with Crippen molar-refractivity contribution in [2.45, 2.75) is 13.8 Å². The highest BCUT2D eigenvalue weighted by Crippen LogP contribution is 2.24. The average molecular weight is 734 g/mol. The molecule has 7 aromatic rings. The summed E-state index contributed by atoms with van der Waals surface area (Å²) in [5.41, 5.74) is 0.432. The second kappa shape index (κ2) is 15.0. The molecule has 0 aliphatic carbocycles. The van der Waals surface area contributed by atoms with Gasteiger partial charge in [-0.25, -0.2) is 19.6 Å². The predicted molar refractivity (Wildman–Crippen MR) is 203 cm³/mol. The summed E-state index contributed by atoms with van der Waals surface area (Å²) in [5, 5.41) is 21.3. The van der Waals surface area contributed by atoms with Gasteiger partial charge in [0.25, 0.3) is 16.8 Å². The number of rotatable bonds is 9. The third-order valence-electron chi connectivity index (χ3n) is 8.31. The van der Waals surface area contributed by atoms with Crippen molar-refractivity contribution >= 4 is 51.9 Å². The second-order valence-corrected chi connectivity index (χ2v) is 12.0. The molecule has 2 aromatic heterocycles. The Labute approximate surface area is 310 Å². The minimum atomic E-state index is -1.02. The van der Waals surface area contributed by atoms with Crippen molar-refractivity contribution < 1.29 is 24.0 Å². The Bertz CT molecular complexity index is 2840. The zero-order chi connectivity index (χ0) is 38.6. The Morgan fingerprint density at radius 1 is 0.655 bits per heavy atom. The van der Waals surface area contributed by atoms with Crippen LogP contribution in [-0.4, -0.2) is 48.6 Å². The minimum absolute atomic E-state index is 0.0882. The molecule has 0 spiro atoms. The van der Waals surface area contributed by atoms with E-state index in [1.165, 1.54) is 52.1 Å². The number of para-hydroxylation sites is 2. The minimum Gasteiger partial charge on any atom is -0.423 e. The molecule has 15 nitrogen and oxygen atoms in total. The van der Waals surface area contributed by atoms with Gasteiger partial charge in [-0.2, -0.15) is 19.6 Å². The summed E-state index contributed by atoms with van der Waals surface area (Å²) in [7, 11) is 0. The Kier molecular flexibility index (Phi) is 9.65. The Hall–Kier alpha value is -7.94. The fourth-order valence-electron chi connectivity index (χ4n) is 5.54. The van der Waals surface area contributed by atoms with E-state index in [0.29, 0.717) is 44.6 Å². The van der Waals surface area contributed by atoms with Crippen LogP contribution in [0.2, 0.25) is 0 Å². The number of esters is 2. The number of hydrogen-bond acceptors (Lipinski definition) is 12. The Morgan fingerprint density at radius 2 is 1.11 bits per heavy atom. The lowest BCUT2D eigenvalue weighted by atomic mass is 10.1. The van der Waals surface area contributed by atoms with Gasteiger partial charge in [-0.15, -0.1) is 0 Å². The van der Waals surface area contributed by atoms with E-state index in [-0.39, 0.29) is 33.7 Å². The molecule has 0 aliphatic rings. The molecule has 0 aliphatic heterocycles. The first-order valence-electron chi connectivity index (χ1n) is 16.5. The highest BCUT2D eigenvalue weighted by atomic mass is 16.6. The zero-order valence-corrected chi connectivity index (χ0v) is 29.0. The van der Waals surface area contributed by atoms with Gasteiger partial charge in [0, 0.05) is 6.07 Å². The van der Waals surface area contributed by atoms with Gasteiger partial charge in [0.05, 0.1) is 44.7 Å². The standard InChI is InChI=1S/C40H27N7O8/c1-24-43-34-9-5-3-7-31(34)37(48)45(24)41-22-26-11-16-29(17-12-26)54-39(50)28-15-20-33(36(21-28)47(52)53)40(51)55-30-18-13-27(14-19-30)23-42-46-25(2)44-35-10-6-4-8-32(35)38(46)49/h3-23H,1-2H3/b41-22+,42-23+. The highest BCUT2D eigenvalue weighted by Gasteiger charge is 2.25. The number of carbonyl (C=O) groups excluding carboxylic acids is 2. The van der Waals surface area contributed by atoms with E-state index in [2.05, 4.69) is 20.2 Å². The first-order chi connectivity index (χ1) is 26.5. The first kappa shape index (κ1) is 35.5. The van der Waals surface area contributed by atoms with Crippen LogP contribution in [0.5, 0.6) is 11.5 Å². The maximum Gasteiger partial charge on any atom is 0.350 e. The number of fused-ring (bicyclic) bond motifs is 2. The zero-order valence-electron chi connectivity index (χ0n) is 29.0. The molecule has 0 amide bonds. The molecule has 55 heavy (non-hydrogen) atoms. The van der Waals surface area contributed by atoms with E-state index in [0.717, 1.165) is 12.1 Å². The molecule has 2 heterocycles. The molecule has 0 saturated heterocycles. The summed E-state index contributed by atoms with van der Waals surface area (Å²) >= 11 is 0. The summed E-state index contributed by atoms with van der Waals surface area (Å²) in [6, 6.07) is 29.4. The van der Waals surface area contributed by atoms with E-state index < -0.39 is 22.5 Å².